The smallest absolute Gasteiger partial charge is 0.375 e. The van der Waals surface area contributed by atoms with E-state index in [2.05, 4.69) is 0 Å². The maximum absolute atomic E-state index is 12.2. The van der Waals surface area contributed by atoms with Gasteiger partial charge in [0.15, 0.2) is 0 Å². The van der Waals surface area contributed by atoms with E-state index in [0.29, 0.717) is 5.57 Å². The number of hydrogen-bond acceptors (Lipinski definition) is 5. The van der Waals surface area contributed by atoms with E-state index in [1.165, 1.54) is 6.08 Å². The molecule has 0 saturated carbocycles. The van der Waals surface area contributed by atoms with Gasteiger partial charge in [0.05, 0.1) is 13.2 Å². The van der Waals surface area contributed by atoms with Gasteiger partial charge < -0.3 is 13.8 Å². The fraction of sp³-hybridized carbons (Fsp3) is 0.667. The zero-order valence-corrected chi connectivity index (χ0v) is 9.95. The topological polar surface area (TPSA) is 61.8 Å². The number of hydrogen-bond donors (Lipinski definition) is 0. The highest BCUT2D eigenvalue weighted by molar-refractivity contribution is 7.54. The van der Waals surface area contributed by atoms with E-state index in [1.54, 1.807) is 20.8 Å². The van der Waals surface area contributed by atoms with Gasteiger partial charge in [0.2, 0.25) is 5.85 Å². The summed E-state index contributed by atoms with van der Waals surface area (Å²) in [6, 6.07) is 0. The minimum Gasteiger partial charge on any atom is -0.442 e. The van der Waals surface area contributed by atoms with Gasteiger partial charge >= 0.3 is 13.6 Å². The molecule has 0 amide bonds. The Kier molecular flexibility index (Phi) is 4.08. The van der Waals surface area contributed by atoms with Crippen LogP contribution in [0, 0.1) is 0 Å². The van der Waals surface area contributed by atoms with Gasteiger partial charge in [-0.25, -0.2) is 4.79 Å². The zero-order valence-electron chi connectivity index (χ0n) is 9.06. The molecule has 6 heteroatoms. The van der Waals surface area contributed by atoms with Crippen LogP contribution in [0.4, 0.5) is 0 Å². The van der Waals surface area contributed by atoms with Gasteiger partial charge in [0.1, 0.15) is 0 Å². The van der Waals surface area contributed by atoms with E-state index in [1.807, 2.05) is 0 Å². The van der Waals surface area contributed by atoms with Crippen molar-refractivity contribution in [3.63, 3.8) is 0 Å². The van der Waals surface area contributed by atoms with Crippen LogP contribution in [0.2, 0.25) is 0 Å². The number of cyclic esters (lactones) is 1. The van der Waals surface area contributed by atoms with Crippen LogP contribution < -0.4 is 0 Å². The molecule has 0 spiro atoms. The first-order valence-corrected chi connectivity index (χ1v) is 6.42. The van der Waals surface area contributed by atoms with Crippen LogP contribution >= 0.6 is 7.60 Å². The standard InChI is InChI=1S/C9H15O5P/c1-4-12-15(11,13-5-2)9-7(3)6-8(10)14-9/h6,9H,4-5H2,1-3H3. The summed E-state index contributed by atoms with van der Waals surface area (Å²) in [5, 5.41) is 0. The summed E-state index contributed by atoms with van der Waals surface area (Å²) in [5.41, 5.74) is 0.574. The van der Waals surface area contributed by atoms with E-state index < -0.39 is 19.4 Å². The van der Waals surface area contributed by atoms with Gasteiger partial charge in [-0.15, -0.1) is 0 Å². The highest BCUT2D eigenvalue weighted by atomic mass is 31.2. The molecule has 1 aliphatic rings. The molecule has 1 atom stereocenters. The van der Waals surface area contributed by atoms with E-state index in [-0.39, 0.29) is 13.2 Å². The predicted octanol–water partition coefficient (Wildman–Crippen LogP) is 2.08. The quantitative estimate of drug-likeness (QED) is 0.538. The Morgan fingerprint density at radius 2 is 1.93 bits per heavy atom. The first-order valence-electron chi connectivity index (χ1n) is 4.81. The fourth-order valence-electron chi connectivity index (χ4n) is 1.34. The fourth-order valence-corrected chi connectivity index (χ4v) is 3.21. The highest BCUT2D eigenvalue weighted by Crippen LogP contribution is 2.57. The van der Waals surface area contributed by atoms with Gasteiger partial charge in [-0.2, -0.15) is 0 Å². The first kappa shape index (κ1) is 12.4. The molecule has 1 aliphatic heterocycles. The molecule has 1 rings (SSSR count). The second-order valence-electron chi connectivity index (χ2n) is 3.05. The molecule has 0 aromatic carbocycles. The number of rotatable bonds is 5. The number of ether oxygens (including phenoxy) is 1. The molecule has 5 nitrogen and oxygen atoms in total. The average Bonchev–Trinajstić information content (AvgIpc) is 2.46. The van der Waals surface area contributed by atoms with Crippen LogP contribution in [0.5, 0.6) is 0 Å². The van der Waals surface area contributed by atoms with Gasteiger partial charge in [-0.1, -0.05) is 0 Å². The van der Waals surface area contributed by atoms with Crippen LogP contribution in [-0.4, -0.2) is 25.0 Å². The number of carbonyl (C=O) groups is 1. The summed E-state index contributed by atoms with van der Waals surface area (Å²) in [7, 11) is -3.37. The van der Waals surface area contributed by atoms with Crippen molar-refractivity contribution in [3.8, 4) is 0 Å². The Bertz CT molecular complexity index is 312. The molecule has 0 aromatic rings. The minimum atomic E-state index is -3.37. The van der Waals surface area contributed by atoms with Crippen LogP contribution in [0.25, 0.3) is 0 Å². The molecule has 0 aliphatic carbocycles. The minimum absolute atomic E-state index is 0.249. The molecular weight excluding hydrogens is 219 g/mol. The van der Waals surface area contributed by atoms with E-state index in [4.69, 9.17) is 13.8 Å². The van der Waals surface area contributed by atoms with Crippen molar-refractivity contribution in [1.29, 1.82) is 0 Å². The Morgan fingerprint density at radius 1 is 1.40 bits per heavy atom. The largest absolute Gasteiger partial charge is 0.442 e. The second-order valence-corrected chi connectivity index (χ2v) is 5.12. The predicted molar refractivity (Wildman–Crippen MR) is 54.5 cm³/mol. The molecule has 0 aromatic heterocycles. The average molecular weight is 234 g/mol. The summed E-state index contributed by atoms with van der Waals surface area (Å²) in [6.45, 7) is 5.58. The second kappa shape index (κ2) is 4.92. The monoisotopic (exact) mass is 234 g/mol. The SMILES string of the molecule is CCOP(=O)(OCC)C1OC(=O)C=C1C. The van der Waals surface area contributed by atoms with Crippen molar-refractivity contribution in [3.05, 3.63) is 11.6 Å². The third-order valence-corrected chi connectivity index (χ3v) is 4.19. The van der Waals surface area contributed by atoms with Crippen molar-refractivity contribution >= 4 is 13.6 Å². The Morgan fingerprint density at radius 3 is 2.27 bits per heavy atom. The van der Waals surface area contributed by atoms with Gasteiger partial charge in [-0.3, -0.25) is 4.57 Å². The first-order chi connectivity index (χ1) is 7.03. The molecule has 86 valence electrons. The maximum Gasteiger partial charge on any atom is 0.375 e. The molecule has 0 saturated heterocycles. The van der Waals surface area contributed by atoms with Crippen LogP contribution in [0.1, 0.15) is 20.8 Å². The molecular formula is C9H15O5P. The lowest BCUT2D eigenvalue weighted by Gasteiger charge is -2.22. The highest BCUT2D eigenvalue weighted by Gasteiger charge is 2.42. The Labute approximate surface area is 88.9 Å². The van der Waals surface area contributed by atoms with Gasteiger partial charge in [0.25, 0.3) is 0 Å². The van der Waals surface area contributed by atoms with E-state index in [0.717, 1.165) is 0 Å². The van der Waals surface area contributed by atoms with Crippen molar-refractivity contribution in [2.45, 2.75) is 26.6 Å². The van der Waals surface area contributed by atoms with E-state index in [9.17, 15) is 9.36 Å². The third-order valence-electron chi connectivity index (χ3n) is 1.87. The van der Waals surface area contributed by atoms with Gasteiger partial charge in [-0.05, 0) is 26.3 Å². The summed E-state index contributed by atoms with van der Waals surface area (Å²) in [4.78, 5) is 11.0. The lowest BCUT2D eigenvalue weighted by Crippen LogP contribution is -2.15. The Balaban J connectivity index is 2.86. The lowest BCUT2D eigenvalue weighted by molar-refractivity contribution is -0.137. The third kappa shape index (κ3) is 2.68. The molecule has 1 unspecified atom stereocenters. The van der Waals surface area contributed by atoms with Crippen LogP contribution in [0.3, 0.4) is 0 Å². The molecule has 0 radical (unpaired) electrons. The summed E-state index contributed by atoms with van der Waals surface area (Å²) in [5.74, 6) is -1.39. The molecule has 15 heavy (non-hydrogen) atoms. The van der Waals surface area contributed by atoms with Crippen molar-refractivity contribution in [1.82, 2.24) is 0 Å². The molecule has 0 fully saturated rings. The van der Waals surface area contributed by atoms with Crippen molar-refractivity contribution in [2.24, 2.45) is 0 Å². The number of carbonyl (C=O) groups excluding carboxylic acids is 1. The molecule has 1 heterocycles. The summed E-state index contributed by atoms with van der Waals surface area (Å²) >= 11 is 0. The van der Waals surface area contributed by atoms with Gasteiger partial charge in [0, 0.05) is 6.08 Å². The number of esters is 1. The lowest BCUT2D eigenvalue weighted by atomic mass is 10.3. The van der Waals surface area contributed by atoms with Crippen molar-refractivity contribution < 1.29 is 23.1 Å². The van der Waals surface area contributed by atoms with Crippen molar-refractivity contribution in [2.75, 3.05) is 13.2 Å². The zero-order chi connectivity index (χ0) is 11.5. The summed E-state index contributed by atoms with van der Waals surface area (Å²) in [6.07, 6.45) is 1.30. The Hall–Kier alpha value is -0.640. The van der Waals surface area contributed by atoms with Crippen LogP contribution in [-0.2, 0) is 23.1 Å². The van der Waals surface area contributed by atoms with E-state index >= 15 is 0 Å². The normalized spacial score (nSPS) is 21.4. The van der Waals surface area contributed by atoms with Crippen LogP contribution in [0.15, 0.2) is 11.6 Å². The molecule has 0 N–H and O–H groups in total. The maximum atomic E-state index is 12.2. The summed E-state index contributed by atoms with van der Waals surface area (Å²) < 4.78 is 27.3. The molecule has 0 bridgehead atoms.